The molecule has 1 rings (SSSR count). The minimum Gasteiger partial charge on any atom is -0.313 e. The van der Waals surface area contributed by atoms with E-state index in [1.54, 1.807) is 0 Å². The Morgan fingerprint density at radius 2 is 2.08 bits per heavy atom. The Morgan fingerprint density at radius 1 is 1.31 bits per heavy atom. The largest absolute Gasteiger partial charge is 0.313 e. The topological polar surface area (TPSA) is 12.0 Å². The van der Waals surface area contributed by atoms with Gasteiger partial charge in [0.05, 0.1) is 6.67 Å². The normalized spacial score (nSPS) is 10.3. The van der Waals surface area contributed by atoms with Crippen LogP contribution in [0.3, 0.4) is 0 Å². The van der Waals surface area contributed by atoms with Crippen molar-refractivity contribution >= 4 is 15.9 Å². The van der Waals surface area contributed by atoms with Crippen LogP contribution in [-0.4, -0.2) is 13.2 Å². The van der Waals surface area contributed by atoms with Crippen LogP contribution in [0.15, 0.2) is 28.7 Å². The van der Waals surface area contributed by atoms with Crippen molar-refractivity contribution in [2.75, 3.05) is 13.2 Å². The van der Waals surface area contributed by atoms with Crippen molar-refractivity contribution in [3.63, 3.8) is 0 Å². The number of nitrogens with one attached hydrogen (secondary N) is 1. The van der Waals surface area contributed by atoms with E-state index in [2.05, 4.69) is 21.2 Å². The van der Waals surface area contributed by atoms with Crippen molar-refractivity contribution in [3.05, 3.63) is 34.3 Å². The van der Waals surface area contributed by atoms with Crippen LogP contribution in [0, 0.1) is 0 Å². The van der Waals surface area contributed by atoms with E-state index in [9.17, 15) is 4.39 Å². The molecular weight excluding hydrogens is 233 g/mol. The zero-order valence-electron chi connectivity index (χ0n) is 7.39. The first-order valence-corrected chi connectivity index (χ1v) is 5.14. The number of hydrogen-bond acceptors (Lipinski definition) is 1. The van der Waals surface area contributed by atoms with Crippen LogP contribution in [0.25, 0.3) is 0 Å². The lowest BCUT2D eigenvalue weighted by atomic mass is 10.2. The molecule has 0 heterocycles. The summed E-state index contributed by atoms with van der Waals surface area (Å²) in [6.45, 7) is 1.28. The number of rotatable bonds is 5. The summed E-state index contributed by atoms with van der Waals surface area (Å²) in [5.74, 6) is 0. The molecule has 0 bridgehead atoms. The van der Waals surface area contributed by atoms with Crippen molar-refractivity contribution in [2.24, 2.45) is 0 Å². The van der Waals surface area contributed by atoms with Crippen LogP contribution in [-0.2, 0) is 6.54 Å². The second-order valence-corrected chi connectivity index (χ2v) is 3.67. The smallest absolute Gasteiger partial charge is 0.0906 e. The number of alkyl halides is 1. The standard InChI is InChI=1S/C10H13BrFN/c11-10-5-2-1-4-9(10)8-13-7-3-6-12/h1-2,4-5,13H,3,6-8H2. The molecule has 0 spiro atoms. The maximum absolute atomic E-state index is 11.7. The van der Waals surface area contributed by atoms with Gasteiger partial charge in [-0.25, -0.2) is 0 Å². The van der Waals surface area contributed by atoms with Gasteiger partial charge in [-0.15, -0.1) is 0 Å². The molecular formula is C10H13BrFN. The maximum Gasteiger partial charge on any atom is 0.0906 e. The Hall–Kier alpha value is -0.410. The van der Waals surface area contributed by atoms with Crippen LogP contribution in [0.5, 0.6) is 0 Å². The van der Waals surface area contributed by atoms with Gasteiger partial charge in [0.1, 0.15) is 0 Å². The minimum atomic E-state index is -0.247. The molecule has 13 heavy (non-hydrogen) atoms. The van der Waals surface area contributed by atoms with Gasteiger partial charge in [0.2, 0.25) is 0 Å². The highest BCUT2D eigenvalue weighted by atomic mass is 79.9. The average Bonchev–Trinajstić information content (AvgIpc) is 2.15. The summed E-state index contributed by atoms with van der Waals surface area (Å²) in [4.78, 5) is 0. The fraction of sp³-hybridized carbons (Fsp3) is 0.400. The van der Waals surface area contributed by atoms with Crippen molar-refractivity contribution in [1.82, 2.24) is 5.32 Å². The van der Waals surface area contributed by atoms with E-state index in [-0.39, 0.29) is 6.67 Å². The molecule has 0 saturated heterocycles. The van der Waals surface area contributed by atoms with Crippen molar-refractivity contribution in [2.45, 2.75) is 13.0 Å². The lowest BCUT2D eigenvalue weighted by Crippen LogP contribution is -2.15. The Morgan fingerprint density at radius 3 is 2.77 bits per heavy atom. The van der Waals surface area contributed by atoms with Crippen LogP contribution in [0.1, 0.15) is 12.0 Å². The Balaban J connectivity index is 2.32. The van der Waals surface area contributed by atoms with E-state index in [4.69, 9.17) is 0 Å². The molecule has 0 aliphatic carbocycles. The van der Waals surface area contributed by atoms with E-state index < -0.39 is 0 Å². The van der Waals surface area contributed by atoms with Crippen LogP contribution < -0.4 is 5.32 Å². The van der Waals surface area contributed by atoms with Crippen LogP contribution in [0.4, 0.5) is 4.39 Å². The van der Waals surface area contributed by atoms with Crippen molar-refractivity contribution < 1.29 is 4.39 Å². The second-order valence-electron chi connectivity index (χ2n) is 2.81. The maximum atomic E-state index is 11.7. The molecule has 0 saturated carbocycles. The summed E-state index contributed by atoms with van der Waals surface area (Å²) in [5, 5.41) is 3.17. The molecule has 0 atom stereocenters. The lowest BCUT2D eigenvalue weighted by Gasteiger charge is -2.04. The highest BCUT2D eigenvalue weighted by Crippen LogP contribution is 2.14. The zero-order valence-corrected chi connectivity index (χ0v) is 8.98. The Bertz CT molecular complexity index is 252. The summed E-state index contributed by atoms with van der Waals surface area (Å²) >= 11 is 3.45. The molecule has 1 nitrogen and oxygen atoms in total. The SMILES string of the molecule is FCCCNCc1ccccc1Br. The molecule has 0 amide bonds. The third-order valence-corrected chi connectivity index (χ3v) is 2.53. The van der Waals surface area contributed by atoms with E-state index >= 15 is 0 Å². The van der Waals surface area contributed by atoms with Gasteiger partial charge < -0.3 is 5.32 Å². The van der Waals surface area contributed by atoms with Gasteiger partial charge in [-0.1, -0.05) is 34.1 Å². The van der Waals surface area contributed by atoms with Crippen LogP contribution >= 0.6 is 15.9 Å². The molecule has 72 valence electrons. The van der Waals surface area contributed by atoms with Crippen molar-refractivity contribution in [1.29, 1.82) is 0 Å². The molecule has 0 unspecified atom stereocenters. The molecule has 0 aromatic heterocycles. The summed E-state index contributed by atoms with van der Waals surface area (Å²) in [6, 6.07) is 8.03. The van der Waals surface area contributed by atoms with E-state index in [0.29, 0.717) is 6.42 Å². The minimum absolute atomic E-state index is 0.247. The number of hydrogen-bond donors (Lipinski definition) is 1. The van der Waals surface area contributed by atoms with Gasteiger partial charge in [0.25, 0.3) is 0 Å². The third-order valence-electron chi connectivity index (χ3n) is 1.76. The van der Waals surface area contributed by atoms with Crippen molar-refractivity contribution in [3.8, 4) is 0 Å². The predicted octanol–water partition coefficient (Wildman–Crippen LogP) is 2.90. The molecule has 1 aromatic rings. The molecule has 1 N–H and O–H groups in total. The number of benzene rings is 1. The van der Waals surface area contributed by atoms with Gasteiger partial charge in [-0.2, -0.15) is 0 Å². The van der Waals surface area contributed by atoms with E-state index in [1.165, 1.54) is 5.56 Å². The van der Waals surface area contributed by atoms with Gasteiger partial charge in [0.15, 0.2) is 0 Å². The first-order chi connectivity index (χ1) is 6.34. The first kappa shape index (κ1) is 10.7. The van der Waals surface area contributed by atoms with Crippen LogP contribution in [0.2, 0.25) is 0 Å². The summed E-state index contributed by atoms with van der Waals surface area (Å²) in [6.07, 6.45) is 0.588. The fourth-order valence-corrected chi connectivity index (χ4v) is 1.48. The Kier molecular flexibility index (Phi) is 5.01. The molecule has 3 heteroatoms. The van der Waals surface area contributed by atoms with E-state index in [0.717, 1.165) is 17.6 Å². The zero-order chi connectivity index (χ0) is 9.52. The Labute approximate surface area is 86.5 Å². The molecule has 1 aromatic carbocycles. The second kappa shape index (κ2) is 6.11. The first-order valence-electron chi connectivity index (χ1n) is 4.34. The van der Waals surface area contributed by atoms with Gasteiger partial charge in [-0.05, 0) is 24.6 Å². The summed E-state index contributed by atoms with van der Waals surface area (Å²) in [5.41, 5.74) is 1.21. The highest BCUT2D eigenvalue weighted by Gasteiger charge is 1.96. The van der Waals surface area contributed by atoms with Gasteiger partial charge >= 0.3 is 0 Å². The third kappa shape index (κ3) is 3.87. The predicted molar refractivity (Wildman–Crippen MR) is 56.4 cm³/mol. The molecule has 0 aliphatic rings. The molecule has 0 radical (unpaired) electrons. The molecule has 0 aliphatic heterocycles. The van der Waals surface area contributed by atoms with Gasteiger partial charge in [-0.3, -0.25) is 4.39 Å². The number of halogens is 2. The average molecular weight is 246 g/mol. The highest BCUT2D eigenvalue weighted by molar-refractivity contribution is 9.10. The fourth-order valence-electron chi connectivity index (χ4n) is 1.06. The van der Waals surface area contributed by atoms with E-state index in [1.807, 2.05) is 24.3 Å². The van der Waals surface area contributed by atoms with Gasteiger partial charge in [0, 0.05) is 11.0 Å². The monoisotopic (exact) mass is 245 g/mol. The molecule has 0 fully saturated rings. The summed E-state index contributed by atoms with van der Waals surface area (Å²) < 4.78 is 12.8. The quantitative estimate of drug-likeness (QED) is 0.787. The summed E-state index contributed by atoms with van der Waals surface area (Å²) in [7, 11) is 0. The lowest BCUT2D eigenvalue weighted by molar-refractivity contribution is 0.459.